The summed E-state index contributed by atoms with van der Waals surface area (Å²) >= 11 is 0. The molecule has 4 heteroatoms. The Balaban J connectivity index is 2.29. The lowest BCUT2D eigenvalue weighted by molar-refractivity contribution is 0.100. The molecule has 1 aromatic carbocycles. The topological polar surface area (TPSA) is 44.1 Å². The Kier molecular flexibility index (Phi) is 3.46. The van der Waals surface area contributed by atoms with Crippen molar-refractivity contribution < 1.29 is 9.53 Å². The van der Waals surface area contributed by atoms with E-state index in [-0.39, 0.29) is 5.78 Å². The zero-order valence-electron chi connectivity index (χ0n) is 10.8. The maximum absolute atomic E-state index is 11.4. The van der Waals surface area contributed by atoms with Gasteiger partial charge in [0, 0.05) is 13.5 Å². The highest BCUT2D eigenvalue weighted by Crippen LogP contribution is 2.22. The number of aryl methyl sites for hydroxylation is 1. The normalized spacial score (nSPS) is 10.4. The lowest BCUT2D eigenvalue weighted by atomic mass is 10.2. The first-order valence-corrected chi connectivity index (χ1v) is 5.92. The Morgan fingerprint density at radius 3 is 2.56 bits per heavy atom. The van der Waals surface area contributed by atoms with Crippen molar-refractivity contribution in [1.29, 1.82) is 0 Å². The number of aromatic nitrogens is 2. The molecule has 0 aliphatic heterocycles. The van der Waals surface area contributed by atoms with E-state index < -0.39 is 0 Å². The van der Waals surface area contributed by atoms with Gasteiger partial charge in [-0.25, -0.2) is 4.98 Å². The first-order chi connectivity index (χ1) is 8.61. The molecule has 0 radical (unpaired) electrons. The molecule has 0 amide bonds. The van der Waals surface area contributed by atoms with Crippen molar-refractivity contribution in [3.05, 3.63) is 41.7 Å². The molecule has 0 spiro atoms. The van der Waals surface area contributed by atoms with Gasteiger partial charge in [-0.15, -0.1) is 0 Å². The van der Waals surface area contributed by atoms with Crippen LogP contribution >= 0.6 is 0 Å². The number of ether oxygens (including phenoxy) is 1. The number of rotatable bonds is 4. The van der Waals surface area contributed by atoms with Gasteiger partial charge in [0.2, 0.25) is 0 Å². The number of hydrogen-bond acceptors (Lipinski definition) is 3. The number of hydrogen-bond donors (Lipinski definition) is 0. The minimum absolute atomic E-state index is 0.0110. The predicted octanol–water partition coefficient (Wildman–Crippen LogP) is 3.21. The zero-order chi connectivity index (χ0) is 13.1. The number of carbonyl (C=O) groups is 1. The summed E-state index contributed by atoms with van der Waals surface area (Å²) in [6.45, 7) is 6.15. The van der Waals surface area contributed by atoms with Gasteiger partial charge in [-0.05, 0) is 26.0 Å². The molecule has 0 aliphatic rings. The van der Waals surface area contributed by atoms with E-state index in [4.69, 9.17) is 4.74 Å². The van der Waals surface area contributed by atoms with Gasteiger partial charge in [-0.3, -0.25) is 9.36 Å². The highest BCUT2D eigenvalue weighted by atomic mass is 16.5. The smallest absolute Gasteiger partial charge is 0.302 e. The molecule has 0 bridgehead atoms. The summed E-state index contributed by atoms with van der Waals surface area (Å²) in [5.41, 5.74) is 1.74. The quantitative estimate of drug-likeness (QED) is 0.776. The number of benzene rings is 1. The van der Waals surface area contributed by atoms with Gasteiger partial charge in [0.1, 0.15) is 11.4 Å². The first kappa shape index (κ1) is 12.4. The summed E-state index contributed by atoms with van der Waals surface area (Å²) in [4.78, 5) is 15.6. The van der Waals surface area contributed by atoms with Crippen LogP contribution in [0.1, 0.15) is 29.9 Å². The summed E-state index contributed by atoms with van der Waals surface area (Å²) in [5, 5.41) is 0. The van der Waals surface area contributed by atoms with E-state index in [1.54, 1.807) is 10.8 Å². The first-order valence-electron chi connectivity index (χ1n) is 5.92. The molecule has 2 aromatic rings. The Morgan fingerprint density at radius 2 is 2.00 bits per heavy atom. The zero-order valence-corrected chi connectivity index (χ0v) is 10.8. The third kappa shape index (κ3) is 2.42. The summed E-state index contributed by atoms with van der Waals surface area (Å²) in [5.74, 6) is 0.708. The minimum atomic E-state index is -0.0110. The van der Waals surface area contributed by atoms with Crippen molar-refractivity contribution in [3.8, 4) is 11.8 Å². The number of ketones is 1. The van der Waals surface area contributed by atoms with E-state index in [0.29, 0.717) is 18.2 Å². The van der Waals surface area contributed by atoms with E-state index in [1.807, 2.05) is 38.1 Å². The fourth-order valence-electron chi connectivity index (χ4n) is 1.74. The molecule has 94 valence electrons. The molecular formula is C14H16N2O2. The molecule has 0 unspecified atom stereocenters. The third-order valence-corrected chi connectivity index (χ3v) is 2.73. The lowest BCUT2D eigenvalue weighted by Crippen LogP contribution is -2.06. The van der Waals surface area contributed by atoms with Gasteiger partial charge in [-0.1, -0.05) is 17.7 Å². The SMILES string of the molecule is CCn1c(C(C)=O)cnc1Oc1ccc(C)cc1. The van der Waals surface area contributed by atoms with Crippen LogP contribution in [0.25, 0.3) is 0 Å². The maximum Gasteiger partial charge on any atom is 0.302 e. The average molecular weight is 244 g/mol. The second-order valence-corrected chi connectivity index (χ2v) is 4.14. The van der Waals surface area contributed by atoms with Crippen LogP contribution in [0.5, 0.6) is 11.8 Å². The monoisotopic (exact) mass is 244 g/mol. The van der Waals surface area contributed by atoms with Crippen LogP contribution in [-0.2, 0) is 6.54 Å². The molecule has 1 aromatic heterocycles. The van der Waals surface area contributed by atoms with E-state index in [9.17, 15) is 4.79 Å². The molecule has 0 fully saturated rings. The van der Waals surface area contributed by atoms with Crippen LogP contribution in [0.2, 0.25) is 0 Å². The molecule has 2 rings (SSSR count). The van der Waals surface area contributed by atoms with Crippen LogP contribution in [0, 0.1) is 6.92 Å². The van der Waals surface area contributed by atoms with Crippen LogP contribution in [0.3, 0.4) is 0 Å². The van der Waals surface area contributed by atoms with Gasteiger partial charge in [0.15, 0.2) is 5.78 Å². The predicted molar refractivity (Wildman–Crippen MR) is 69.2 cm³/mol. The molecular weight excluding hydrogens is 228 g/mol. The summed E-state index contributed by atoms with van der Waals surface area (Å²) in [7, 11) is 0. The fourth-order valence-corrected chi connectivity index (χ4v) is 1.74. The van der Waals surface area contributed by atoms with Crippen LogP contribution < -0.4 is 4.74 Å². The van der Waals surface area contributed by atoms with Crippen molar-refractivity contribution in [2.45, 2.75) is 27.3 Å². The van der Waals surface area contributed by atoms with E-state index in [0.717, 1.165) is 5.75 Å². The van der Waals surface area contributed by atoms with Gasteiger partial charge in [0.25, 0.3) is 0 Å². The highest BCUT2D eigenvalue weighted by Gasteiger charge is 2.13. The van der Waals surface area contributed by atoms with Crippen molar-refractivity contribution in [1.82, 2.24) is 9.55 Å². The summed E-state index contributed by atoms with van der Waals surface area (Å²) < 4.78 is 7.45. The van der Waals surface area contributed by atoms with E-state index in [1.165, 1.54) is 12.5 Å². The number of carbonyl (C=O) groups excluding carboxylic acids is 1. The second-order valence-electron chi connectivity index (χ2n) is 4.14. The second kappa shape index (κ2) is 5.04. The largest absolute Gasteiger partial charge is 0.426 e. The van der Waals surface area contributed by atoms with Gasteiger partial charge in [0.05, 0.1) is 6.20 Å². The van der Waals surface area contributed by atoms with Crippen LogP contribution in [0.4, 0.5) is 0 Å². The average Bonchev–Trinajstić information content (AvgIpc) is 2.75. The molecule has 1 heterocycles. The van der Waals surface area contributed by atoms with Crippen LogP contribution in [0.15, 0.2) is 30.5 Å². The maximum atomic E-state index is 11.4. The standard InChI is InChI=1S/C14H16N2O2/c1-4-16-13(11(3)17)9-15-14(16)18-12-7-5-10(2)6-8-12/h5-9H,4H2,1-3H3. The fraction of sp³-hybridized carbons (Fsp3) is 0.286. The van der Waals surface area contributed by atoms with Crippen molar-refractivity contribution in [3.63, 3.8) is 0 Å². The summed E-state index contributed by atoms with van der Waals surface area (Å²) in [6, 6.07) is 8.17. The van der Waals surface area contributed by atoms with Gasteiger partial charge >= 0.3 is 6.01 Å². The Bertz CT molecular complexity index is 556. The molecule has 0 N–H and O–H groups in total. The Labute approximate surface area is 106 Å². The molecule has 4 nitrogen and oxygen atoms in total. The van der Waals surface area contributed by atoms with Crippen molar-refractivity contribution in [2.75, 3.05) is 0 Å². The van der Waals surface area contributed by atoms with Gasteiger partial charge in [-0.2, -0.15) is 0 Å². The molecule has 0 atom stereocenters. The van der Waals surface area contributed by atoms with Crippen molar-refractivity contribution in [2.24, 2.45) is 0 Å². The lowest BCUT2D eigenvalue weighted by Gasteiger charge is -2.08. The Morgan fingerprint density at radius 1 is 1.33 bits per heavy atom. The van der Waals surface area contributed by atoms with E-state index in [2.05, 4.69) is 4.98 Å². The van der Waals surface area contributed by atoms with Crippen LogP contribution in [-0.4, -0.2) is 15.3 Å². The number of imidazole rings is 1. The highest BCUT2D eigenvalue weighted by molar-refractivity contribution is 5.92. The summed E-state index contributed by atoms with van der Waals surface area (Å²) in [6.07, 6.45) is 1.55. The van der Waals surface area contributed by atoms with Gasteiger partial charge < -0.3 is 4.74 Å². The number of Topliss-reactive ketones (excluding diaryl/α,β-unsaturated/α-hetero) is 1. The number of nitrogens with zero attached hydrogens (tertiary/aromatic N) is 2. The third-order valence-electron chi connectivity index (χ3n) is 2.73. The van der Waals surface area contributed by atoms with Crippen molar-refractivity contribution >= 4 is 5.78 Å². The molecule has 0 saturated heterocycles. The molecule has 0 aliphatic carbocycles. The minimum Gasteiger partial charge on any atom is -0.426 e. The van der Waals surface area contributed by atoms with E-state index >= 15 is 0 Å². The molecule has 18 heavy (non-hydrogen) atoms. The Hall–Kier alpha value is -2.10. The molecule has 0 saturated carbocycles.